The van der Waals surface area contributed by atoms with Gasteiger partial charge in [-0.05, 0) is 60.4 Å². The topological polar surface area (TPSA) is 81.5 Å². The minimum absolute atomic E-state index is 0.0767. The second-order valence-electron chi connectivity index (χ2n) is 8.12. The summed E-state index contributed by atoms with van der Waals surface area (Å²) in [5.41, 5.74) is 3.43. The molecule has 0 radical (unpaired) electrons. The molecule has 0 amide bonds. The summed E-state index contributed by atoms with van der Waals surface area (Å²) in [7, 11) is -1.80. The zero-order valence-electron chi connectivity index (χ0n) is 19.2. The molecule has 0 aliphatic heterocycles. The van der Waals surface area contributed by atoms with Crippen LogP contribution in [0, 0.1) is 0 Å². The Bertz CT molecular complexity index is 1450. The van der Waals surface area contributed by atoms with Gasteiger partial charge in [-0.1, -0.05) is 24.3 Å². The molecule has 0 aliphatic carbocycles. The average molecular weight is 478 g/mol. The smallest absolute Gasteiger partial charge is 0.250 e. The predicted molar refractivity (Wildman–Crippen MR) is 135 cm³/mol. The van der Waals surface area contributed by atoms with Gasteiger partial charge in [0, 0.05) is 30.9 Å². The van der Waals surface area contributed by atoms with Crippen LogP contribution in [0.3, 0.4) is 0 Å². The van der Waals surface area contributed by atoms with Crippen molar-refractivity contribution in [2.45, 2.75) is 12.8 Å². The Hall–Kier alpha value is -3.65. The van der Waals surface area contributed by atoms with Crippen LogP contribution in [-0.4, -0.2) is 37.4 Å². The molecule has 0 atom stereocenters. The van der Waals surface area contributed by atoms with E-state index in [4.69, 9.17) is 4.74 Å². The van der Waals surface area contributed by atoms with Crippen LogP contribution >= 0.6 is 0 Å². The second-order valence-corrected chi connectivity index (χ2v) is 10.0. The lowest BCUT2D eigenvalue weighted by atomic mass is 10.0. The van der Waals surface area contributed by atoms with Crippen molar-refractivity contribution < 1.29 is 13.2 Å². The van der Waals surface area contributed by atoms with Crippen molar-refractivity contribution in [2.75, 3.05) is 23.7 Å². The van der Waals surface area contributed by atoms with E-state index < -0.39 is 10.0 Å². The van der Waals surface area contributed by atoms with Gasteiger partial charge < -0.3 is 9.30 Å². The molecule has 0 spiro atoms. The maximum absolute atomic E-state index is 12.7. The number of anilines is 1. The number of nitrogens with zero attached hydrogens (tertiary/aromatic N) is 3. The zero-order valence-corrected chi connectivity index (χ0v) is 20.0. The fraction of sp³-hybridized carbons (Fsp3) is 0.231. The lowest BCUT2D eigenvalue weighted by Crippen LogP contribution is -2.34. The van der Waals surface area contributed by atoms with Crippen LogP contribution in [0.4, 0.5) is 5.69 Å². The van der Waals surface area contributed by atoms with Gasteiger partial charge in [0.05, 0.1) is 24.0 Å². The van der Waals surface area contributed by atoms with Crippen molar-refractivity contribution in [1.29, 1.82) is 0 Å². The number of hydrogen-bond acceptors (Lipinski definition) is 5. The van der Waals surface area contributed by atoms with Crippen molar-refractivity contribution in [1.82, 2.24) is 9.55 Å². The van der Waals surface area contributed by atoms with Crippen molar-refractivity contribution in [3.63, 3.8) is 0 Å². The van der Waals surface area contributed by atoms with E-state index in [2.05, 4.69) is 4.98 Å². The lowest BCUT2D eigenvalue weighted by Gasteiger charge is -2.25. The van der Waals surface area contributed by atoms with Crippen molar-refractivity contribution in [3.8, 4) is 5.75 Å². The second kappa shape index (κ2) is 10.1. The Kier molecular flexibility index (Phi) is 6.98. The van der Waals surface area contributed by atoms with Crippen molar-refractivity contribution in [2.24, 2.45) is 7.05 Å². The summed E-state index contributed by atoms with van der Waals surface area (Å²) in [5, 5.41) is 0.875. The Morgan fingerprint density at radius 2 is 1.82 bits per heavy atom. The maximum Gasteiger partial charge on any atom is 0.250 e. The maximum atomic E-state index is 12.7. The van der Waals surface area contributed by atoms with Crippen LogP contribution in [0.25, 0.3) is 10.9 Å². The molecule has 8 heteroatoms. The van der Waals surface area contributed by atoms with Gasteiger partial charge in [0.25, 0.3) is 5.56 Å². The minimum atomic E-state index is -3.52. The van der Waals surface area contributed by atoms with Crippen LogP contribution in [0.2, 0.25) is 0 Å². The van der Waals surface area contributed by atoms with Crippen LogP contribution in [-0.2, 0) is 29.9 Å². The largest absolute Gasteiger partial charge is 0.492 e. The van der Waals surface area contributed by atoms with E-state index in [1.165, 1.54) is 16.6 Å². The summed E-state index contributed by atoms with van der Waals surface area (Å²) < 4.78 is 34.2. The molecule has 34 heavy (non-hydrogen) atoms. The molecule has 0 unspecified atom stereocenters. The molecule has 2 aromatic heterocycles. The standard InChI is InChI=1S/C26H27N3O4S/c1-28-24-13-12-23(18-22(24)11-14-26(28)30)33-17-16-29(34(2,31)32)25-8-4-3-7-21(25)10-9-20-6-5-15-27-19-20/h3-8,11-15,18-19H,9-10,16-17H2,1-2H3. The first kappa shape index (κ1) is 23.5. The van der Waals surface area contributed by atoms with Crippen LogP contribution in [0.5, 0.6) is 5.75 Å². The number of para-hydroxylation sites is 1. The van der Waals surface area contributed by atoms with E-state index in [1.807, 2.05) is 54.7 Å². The molecule has 4 aromatic rings. The van der Waals surface area contributed by atoms with Crippen LogP contribution in [0.1, 0.15) is 11.1 Å². The van der Waals surface area contributed by atoms with E-state index in [-0.39, 0.29) is 18.7 Å². The minimum Gasteiger partial charge on any atom is -0.492 e. The van der Waals surface area contributed by atoms with Gasteiger partial charge in [0.1, 0.15) is 12.4 Å². The number of ether oxygens (including phenoxy) is 1. The Labute approximate surface area is 199 Å². The third kappa shape index (κ3) is 5.46. The number of sulfonamides is 1. The van der Waals surface area contributed by atoms with E-state index in [1.54, 1.807) is 29.9 Å². The van der Waals surface area contributed by atoms with E-state index in [9.17, 15) is 13.2 Å². The summed E-state index contributed by atoms with van der Waals surface area (Å²) in [6.45, 7) is 0.356. The number of hydrogen-bond donors (Lipinski definition) is 0. The van der Waals surface area contributed by atoms with Gasteiger partial charge in [-0.25, -0.2) is 8.42 Å². The Balaban J connectivity index is 1.50. The first-order chi connectivity index (χ1) is 16.3. The van der Waals surface area contributed by atoms with Gasteiger partial charge in [-0.3, -0.25) is 14.1 Å². The number of aryl methyl sites for hydroxylation is 3. The number of aromatic nitrogens is 2. The summed E-state index contributed by atoms with van der Waals surface area (Å²) in [4.78, 5) is 16.0. The third-order valence-electron chi connectivity index (χ3n) is 5.73. The first-order valence-electron chi connectivity index (χ1n) is 11.0. The predicted octanol–water partition coefficient (Wildman–Crippen LogP) is 3.56. The van der Waals surface area contributed by atoms with Crippen molar-refractivity contribution >= 4 is 26.6 Å². The highest BCUT2D eigenvalue weighted by Crippen LogP contribution is 2.25. The zero-order chi connectivity index (χ0) is 24.1. The molecule has 7 nitrogen and oxygen atoms in total. The molecule has 0 N–H and O–H groups in total. The van der Waals surface area contributed by atoms with Crippen LogP contribution < -0.4 is 14.6 Å². The number of pyridine rings is 2. The Morgan fingerprint density at radius 1 is 1.00 bits per heavy atom. The van der Waals surface area contributed by atoms with Gasteiger partial charge in [0.15, 0.2) is 0 Å². The summed E-state index contributed by atoms with van der Waals surface area (Å²) in [6, 6.07) is 20.2. The Morgan fingerprint density at radius 3 is 2.59 bits per heavy atom. The number of fused-ring (bicyclic) bond motifs is 1. The number of rotatable bonds is 9. The summed E-state index contributed by atoms with van der Waals surface area (Å²) in [5.74, 6) is 0.615. The molecule has 0 fully saturated rings. The van der Waals surface area contributed by atoms with E-state index in [0.29, 0.717) is 17.9 Å². The molecule has 4 rings (SSSR count). The summed E-state index contributed by atoms with van der Waals surface area (Å²) in [6.07, 6.45) is 6.23. The summed E-state index contributed by atoms with van der Waals surface area (Å²) >= 11 is 0. The van der Waals surface area contributed by atoms with Crippen molar-refractivity contribution in [3.05, 3.63) is 101 Å². The SMILES string of the molecule is Cn1c(=O)ccc2cc(OCCN(c3ccccc3CCc3cccnc3)S(C)(=O)=O)ccc21. The average Bonchev–Trinajstić information content (AvgIpc) is 2.83. The number of benzene rings is 2. The fourth-order valence-electron chi connectivity index (χ4n) is 3.95. The van der Waals surface area contributed by atoms with Gasteiger partial charge in [-0.2, -0.15) is 0 Å². The highest BCUT2D eigenvalue weighted by molar-refractivity contribution is 7.92. The highest BCUT2D eigenvalue weighted by Gasteiger charge is 2.20. The molecule has 0 aliphatic rings. The van der Waals surface area contributed by atoms with E-state index in [0.717, 1.165) is 28.5 Å². The molecular weight excluding hydrogens is 450 g/mol. The van der Waals surface area contributed by atoms with Crippen LogP contribution in [0.15, 0.2) is 83.9 Å². The molecule has 2 aromatic carbocycles. The molecule has 0 bridgehead atoms. The fourth-order valence-corrected chi connectivity index (χ4v) is 4.90. The highest BCUT2D eigenvalue weighted by atomic mass is 32.2. The van der Waals surface area contributed by atoms with E-state index >= 15 is 0 Å². The quantitative estimate of drug-likeness (QED) is 0.368. The van der Waals surface area contributed by atoms with Gasteiger partial charge in [0.2, 0.25) is 10.0 Å². The monoisotopic (exact) mass is 477 g/mol. The lowest BCUT2D eigenvalue weighted by molar-refractivity contribution is 0.329. The first-order valence-corrected chi connectivity index (χ1v) is 12.8. The van der Waals surface area contributed by atoms with Gasteiger partial charge >= 0.3 is 0 Å². The molecular formula is C26H27N3O4S. The molecule has 0 saturated carbocycles. The van der Waals surface area contributed by atoms with Gasteiger partial charge in [-0.15, -0.1) is 0 Å². The molecule has 0 saturated heterocycles. The normalized spacial score (nSPS) is 11.5. The third-order valence-corrected chi connectivity index (χ3v) is 6.91. The molecule has 2 heterocycles. The molecule has 176 valence electrons.